The van der Waals surface area contributed by atoms with Gasteiger partial charge in [-0.1, -0.05) is 28.7 Å². The van der Waals surface area contributed by atoms with Gasteiger partial charge in [0.1, 0.15) is 11.5 Å². The van der Waals surface area contributed by atoms with Crippen LogP contribution in [-0.2, 0) is 9.53 Å². The number of carbonyl (C=O) groups is 2. The minimum absolute atomic E-state index is 0.0654. The summed E-state index contributed by atoms with van der Waals surface area (Å²) >= 11 is 5.76. The number of fused-ring (bicyclic) bond motifs is 2. The molecule has 1 spiro atoms. The first-order valence-corrected chi connectivity index (χ1v) is 10.0. The number of amides is 1. The number of rotatable bonds is 1. The van der Waals surface area contributed by atoms with E-state index in [1.54, 1.807) is 17.0 Å². The molecular weight excluding hydrogens is 505 g/mol. The molecular formula is C17H13BrINO5. The lowest BCUT2D eigenvalue weighted by Crippen LogP contribution is -2.40. The van der Waals surface area contributed by atoms with E-state index in [0.717, 1.165) is 5.70 Å². The summed E-state index contributed by atoms with van der Waals surface area (Å²) in [6.45, 7) is 0.661. The van der Waals surface area contributed by atoms with Crippen LogP contribution in [0.3, 0.4) is 0 Å². The first kappa shape index (κ1) is 15.9. The van der Waals surface area contributed by atoms with E-state index in [2.05, 4.69) is 38.5 Å². The van der Waals surface area contributed by atoms with Gasteiger partial charge in [-0.3, -0.25) is 9.59 Å². The van der Waals surface area contributed by atoms with Gasteiger partial charge in [-0.25, -0.2) is 0 Å². The van der Waals surface area contributed by atoms with Crippen molar-refractivity contribution in [3.05, 3.63) is 33.9 Å². The summed E-state index contributed by atoms with van der Waals surface area (Å²) in [6, 6.07) is 3.44. The largest absolute Gasteiger partial charge is 0.460 e. The molecule has 0 aromatic heterocycles. The second kappa shape index (κ2) is 5.35. The molecule has 2 bridgehead atoms. The van der Waals surface area contributed by atoms with Crippen molar-refractivity contribution in [2.45, 2.75) is 22.9 Å². The molecule has 0 N–H and O–H groups in total. The maximum absolute atomic E-state index is 13.2. The Bertz CT molecular complexity index is 856. The predicted molar refractivity (Wildman–Crippen MR) is 98.7 cm³/mol. The maximum atomic E-state index is 13.2. The van der Waals surface area contributed by atoms with Crippen molar-refractivity contribution in [3.8, 4) is 11.5 Å². The minimum Gasteiger partial charge on any atom is -0.460 e. The fourth-order valence-electron chi connectivity index (χ4n) is 4.12. The van der Waals surface area contributed by atoms with Gasteiger partial charge in [0.05, 0.1) is 9.49 Å². The van der Waals surface area contributed by atoms with Crippen LogP contribution in [-0.4, -0.2) is 40.1 Å². The Hall–Kier alpha value is -1.29. The van der Waals surface area contributed by atoms with Gasteiger partial charge in [-0.05, 0) is 34.5 Å². The first-order chi connectivity index (χ1) is 12.0. The normalized spacial score (nSPS) is 31.7. The molecule has 2 fully saturated rings. The van der Waals surface area contributed by atoms with Crippen LogP contribution in [0.4, 0.5) is 0 Å². The second-order valence-electron chi connectivity index (χ2n) is 6.53. The Morgan fingerprint density at radius 2 is 2.08 bits per heavy atom. The van der Waals surface area contributed by atoms with Crippen LogP contribution < -0.4 is 9.47 Å². The molecule has 1 amide bonds. The van der Waals surface area contributed by atoms with Crippen molar-refractivity contribution in [3.63, 3.8) is 0 Å². The van der Waals surface area contributed by atoms with E-state index in [1.165, 1.54) is 0 Å². The number of likely N-dealkylation sites (tertiary alicyclic amines) is 1. The zero-order valence-electron chi connectivity index (χ0n) is 13.0. The number of esters is 1. The number of hydrogen-bond donors (Lipinski definition) is 0. The molecule has 2 saturated heterocycles. The summed E-state index contributed by atoms with van der Waals surface area (Å²) < 4.78 is 17.0. The van der Waals surface area contributed by atoms with Crippen molar-refractivity contribution in [2.75, 3.05) is 13.3 Å². The topological polar surface area (TPSA) is 65.1 Å². The molecule has 3 aliphatic heterocycles. The lowest BCUT2D eigenvalue weighted by molar-refractivity contribution is -0.146. The van der Waals surface area contributed by atoms with Crippen LogP contribution in [0, 0.1) is 5.41 Å². The summed E-state index contributed by atoms with van der Waals surface area (Å²) in [7, 11) is 0. The molecule has 0 radical (unpaired) electrons. The number of ether oxygens (including phenoxy) is 3. The zero-order chi connectivity index (χ0) is 17.3. The van der Waals surface area contributed by atoms with E-state index in [-0.39, 0.29) is 28.7 Å². The monoisotopic (exact) mass is 517 g/mol. The van der Waals surface area contributed by atoms with Gasteiger partial charge < -0.3 is 19.1 Å². The van der Waals surface area contributed by atoms with Crippen LogP contribution in [0.2, 0.25) is 0 Å². The Labute approximate surface area is 165 Å². The van der Waals surface area contributed by atoms with Gasteiger partial charge in [-0.15, -0.1) is 0 Å². The average molecular weight is 518 g/mol. The Morgan fingerprint density at radius 1 is 1.32 bits per heavy atom. The molecule has 8 heteroatoms. The van der Waals surface area contributed by atoms with Gasteiger partial charge in [0.2, 0.25) is 6.79 Å². The number of halogens is 2. The van der Waals surface area contributed by atoms with Gasteiger partial charge in [0.25, 0.3) is 5.91 Å². The number of alkyl halides is 1. The van der Waals surface area contributed by atoms with E-state index in [4.69, 9.17) is 14.2 Å². The van der Waals surface area contributed by atoms with E-state index < -0.39 is 5.41 Å². The molecule has 25 heavy (non-hydrogen) atoms. The summed E-state index contributed by atoms with van der Waals surface area (Å²) in [5.41, 5.74) is 0.614. The second-order valence-corrected chi connectivity index (χ2v) is 8.73. The smallest absolute Gasteiger partial charge is 0.319 e. The molecule has 3 atom stereocenters. The standard InChI is InChI=1S/C17H13BrINO5/c18-9-6-12-11(23-7-24-12)5-8(9)15(21)20-4-3-17-13(20)2-1-10(14(17)19)25-16(17)22/h2,5-6,10,14H,1,3-4,7H2/t10-,14+,17+/m1/s1. The third-order valence-electron chi connectivity index (χ3n) is 5.38. The highest BCUT2D eigenvalue weighted by atomic mass is 127. The molecule has 0 saturated carbocycles. The predicted octanol–water partition coefficient (Wildman–Crippen LogP) is 3.03. The van der Waals surface area contributed by atoms with Gasteiger partial charge in [-0.2, -0.15) is 0 Å². The third kappa shape index (κ3) is 2.00. The number of hydrogen-bond acceptors (Lipinski definition) is 5. The van der Waals surface area contributed by atoms with E-state index in [9.17, 15) is 9.59 Å². The molecule has 5 rings (SSSR count). The lowest BCUT2D eigenvalue weighted by atomic mass is 9.77. The Kier molecular flexibility index (Phi) is 3.41. The van der Waals surface area contributed by atoms with Crippen LogP contribution >= 0.6 is 38.5 Å². The molecule has 130 valence electrons. The molecule has 3 heterocycles. The number of carbonyl (C=O) groups excluding carboxylic acids is 2. The maximum Gasteiger partial charge on any atom is 0.319 e. The van der Waals surface area contributed by atoms with Crippen LogP contribution in [0.1, 0.15) is 23.2 Å². The van der Waals surface area contributed by atoms with E-state index in [1.807, 2.05) is 6.08 Å². The summed E-state index contributed by atoms with van der Waals surface area (Å²) in [5, 5.41) is 0. The molecule has 1 aromatic carbocycles. The summed E-state index contributed by atoms with van der Waals surface area (Å²) in [6.07, 6.45) is 3.18. The highest BCUT2D eigenvalue weighted by Gasteiger charge is 2.64. The summed E-state index contributed by atoms with van der Waals surface area (Å²) in [5.74, 6) is 0.841. The molecule has 0 unspecified atom stereocenters. The quantitative estimate of drug-likeness (QED) is 0.325. The number of nitrogens with zero attached hydrogens (tertiary/aromatic N) is 1. The Balaban J connectivity index is 1.54. The molecule has 4 aliphatic rings. The van der Waals surface area contributed by atoms with Crippen LogP contribution in [0.25, 0.3) is 0 Å². The van der Waals surface area contributed by atoms with Gasteiger partial charge >= 0.3 is 5.97 Å². The summed E-state index contributed by atoms with van der Waals surface area (Å²) in [4.78, 5) is 27.5. The highest BCUT2D eigenvalue weighted by Crippen LogP contribution is 2.56. The fraction of sp³-hybridized carbons (Fsp3) is 0.412. The van der Waals surface area contributed by atoms with Crippen molar-refractivity contribution in [1.29, 1.82) is 0 Å². The van der Waals surface area contributed by atoms with Crippen molar-refractivity contribution in [2.24, 2.45) is 5.41 Å². The van der Waals surface area contributed by atoms with Crippen molar-refractivity contribution >= 4 is 50.4 Å². The Morgan fingerprint density at radius 3 is 2.88 bits per heavy atom. The fourth-order valence-corrected chi connectivity index (χ4v) is 5.94. The average Bonchev–Trinajstić information content (AvgIpc) is 3.23. The molecule has 1 aliphatic carbocycles. The van der Waals surface area contributed by atoms with Crippen molar-refractivity contribution < 1.29 is 23.8 Å². The zero-order valence-corrected chi connectivity index (χ0v) is 16.7. The van der Waals surface area contributed by atoms with Gasteiger partial charge in [0, 0.05) is 23.1 Å². The third-order valence-corrected chi connectivity index (χ3v) is 7.90. The molecule has 1 aromatic rings. The van der Waals surface area contributed by atoms with E-state index in [0.29, 0.717) is 40.9 Å². The van der Waals surface area contributed by atoms with Crippen molar-refractivity contribution in [1.82, 2.24) is 4.90 Å². The first-order valence-electron chi connectivity index (χ1n) is 7.99. The highest BCUT2D eigenvalue weighted by molar-refractivity contribution is 14.1. The van der Waals surface area contributed by atoms with Crippen LogP contribution in [0.5, 0.6) is 11.5 Å². The van der Waals surface area contributed by atoms with Gasteiger partial charge in [0.15, 0.2) is 11.5 Å². The number of benzene rings is 1. The minimum atomic E-state index is -0.679. The molecule has 6 nitrogen and oxygen atoms in total. The van der Waals surface area contributed by atoms with Crippen LogP contribution in [0.15, 0.2) is 28.4 Å². The van der Waals surface area contributed by atoms with E-state index >= 15 is 0 Å². The lowest BCUT2D eigenvalue weighted by Gasteiger charge is -2.31. The SMILES string of the molecule is O=C(c1cc2c(cc1Br)OCO2)N1CC[C@]23C(=O)O[C@H](CC=C12)[C@@H]3I.